The first kappa shape index (κ1) is 28.2. The van der Waals surface area contributed by atoms with E-state index in [1.807, 2.05) is 6.92 Å². The van der Waals surface area contributed by atoms with E-state index in [1.54, 1.807) is 48.5 Å². The number of halogens is 3. The number of benzene rings is 3. The molecule has 38 heavy (non-hydrogen) atoms. The average molecular weight is 525 g/mol. The Bertz CT molecular complexity index is 1330. The predicted molar refractivity (Wildman–Crippen MR) is 141 cm³/mol. The van der Waals surface area contributed by atoms with E-state index < -0.39 is 24.3 Å². The summed E-state index contributed by atoms with van der Waals surface area (Å²) in [6, 6.07) is 16.7. The zero-order valence-electron chi connectivity index (χ0n) is 20.8. The van der Waals surface area contributed by atoms with Crippen LogP contribution in [-0.2, 0) is 22.4 Å². The summed E-state index contributed by atoms with van der Waals surface area (Å²) in [5.74, 6) is -0.174. The van der Waals surface area contributed by atoms with Crippen LogP contribution < -0.4 is 15.4 Å². The summed E-state index contributed by atoms with van der Waals surface area (Å²) >= 11 is 0. The van der Waals surface area contributed by atoms with Crippen molar-refractivity contribution in [2.24, 2.45) is 0 Å². The maximum atomic E-state index is 13.1. The third-order valence-corrected chi connectivity index (χ3v) is 5.41. The molecule has 198 valence electrons. The molecular weight excluding hydrogens is 497 g/mol. The Hall–Kier alpha value is -4.37. The molecule has 0 atom stereocenters. The summed E-state index contributed by atoms with van der Waals surface area (Å²) < 4.78 is 44.6. The number of nitrogens with one attached hydrogen (secondary N) is 2. The SMILES string of the molecule is CCOc1ccc(/C(=C/C=C/C(=O)Nc2cccc(NC(C)=O)c2CO)c2ccc(C(F)(F)F)cc2)cc1. The Kier molecular flexibility index (Phi) is 9.45. The van der Waals surface area contributed by atoms with E-state index >= 15 is 0 Å². The van der Waals surface area contributed by atoms with Crippen molar-refractivity contribution in [2.75, 3.05) is 17.2 Å². The number of alkyl halides is 3. The van der Waals surface area contributed by atoms with Crippen molar-refractivity contribution in [3.8, 4) is 5.75 Å². The number of carbonyl (C=O) groups excluding carboxylic acids is 2. The fraction of sp³-hybridized carbons (Fsp3) is 0.172. The van der Waals surface area contributed by atoms with Crippen molar-refractivity contribution in [3.63, 3.8) is 0 Å². The van der Waals surface area contributed by atoms with Crippen molar-refractivity contribution in [2.45, 2.75) is 26.6 Å². The van der Waals surface area contributed by atoms with Gasteiger partial charge < -0.3 is 20.5 Å². The third kappa shape index (κ3) is 7.57. The Morgan fingerprint density at radius 2 is 1.50 bits per heavy atom. The molecule has 0 unspecified atom stereocenters. The number of ether oxygens (including phenoxy) is 1. The van der Waals surface area contributed by atoms with Gasteiger partial charge in [-0.15, -0.1) is 0 Å². The standard InChI is InChI=1S/C29H27F3N2O4/c1-3-38-23-16-12-21(13-17-23)24(20-10-14-22(15-11-20)29(30,31)32)6-4-9-28(37)34-27-8-5-7-26(25(27)18-35)33-19(2)36/h4-17,35H,3,18H2,1-2H3,(H,33,36)(H,34,37)/b9-4+,24-6+. The van der Waals surface area contributed by atoms with Crippen molar-refractivity contribution in [1.82, 2.24) is 0 Å². The molecule has 0 aliphatic carbocycles. The van der Waals surface area contributed by atoms with E-state index in [9.17, 15) is 27.9 Å². The van der Waals surface area contributed by atoms with Crippen LogP contribution in [-0.4, -0.2) is 23.5 Å². The molecule has 0 bridgehead atoms. The highest BCUT2D eigenvalue weighted by Gasteiger charge is 2.30. The summed E-state index contributed by atoms with van der Waals surface area (Å²) in [7, 11) is 0. The Morgan fingerprint density at radius 1 is 0.921 bits per heavy atom. The smallest absolute Gasteiger partial charge is 0.416 e. The molecule has 3 N–H and O–H groups in total. The molecule has 0 aliphatic rings. The van der Waals surface area contributed by atoms with E-state index in [-0.39, 0.29) is 5.91 Å². The highest BCUT2D eigenvalue weighted by Crippen LogP contribution is 2.32. The zero-order valence-corrected chi connectivity index (χ0v) is 20.8. The summed E-state index contributed by atoms with van der Waals surface area (Å²) in [6.45, 7) is 3.27. The van der Waals surface area contributed by atoms with Gasteiger partial charge >= 0.3 is 6.18 Å². The summed E-state index contributed by atoms with van der Waals surface area (Å²) in [6.07, 6.45) is -0.0945. The van der Waals surface area contributed by atoms with E-state index in [1.165, 1.54) is 31.2 Å². The van der Waals surface area contributed by atoms with Crippen molar-refractivity contribution < 1.29 is 32.6 Å². The lowest BCUT2D eigenvalue weighted by atomic mass is 9.96. The van der Waals surface area contributed by atoms with Crippen LogP contribution in [0, 0.1) is 0 Å². The second-order valence-corrected chi connectivity index (χ2v) is 8.13. The first-order valence-corrected chi connectivity index (χ1v) is 11.7. The van der Waals surface area contributed by atoms with Crippen molar-refractivity contribution in [1.29, 1.82) is 0 Å². The van der Waals surface area contributed by atoms with Crippen LogP contribution in [0.5, 0.6) is 5.75 Å². The average Bonchev–Trinajstić information content (AvgIpc) is 2.87. The molecule has 0 radical (unpaired) electrons. The molecule has 3 rings (SSSR count). The molecule has 2 amide bonds. The maximum absolute atomic E-state index is 13.1. The number of amides is 2. The molecule has 0 aliphatic heterocycles. The monoisotopic (exact) mass is 524 g/mol. The molecule has 6 nitrogen and oxygen atoms in total. The normalized spacial score (nSPS) is 11.9. The van der Waals surface area contributed by atoms with Crippen molar-refractivity contribution in [3.05, 3.63) is 107 Å². The number of rotatable bonds is 9. The fourth-order valence-electron chi connectivity index (χ4n) is 3.68. The molecular formula is C29H27F3N2O4. The largest absolute Gasteiger partial charge is 0.494 e. The lowest BCUT2D eigenvalue weighted by Gasteiger charge is -2.13. The van der Waals surface area contributed by atoms with Gasteiger partial charge in [0.2, 0.25) is 11.8 Å². The molecule has 3 aromatic rings. The van der Waals surface area contributed by atoms with Gasteiger partial charge in [0.1, 0.15) is 5.75 Å². The number of allylic oxidation sites excluding steroid dienone is 2. The van der Waals surface area contributed by atoms with Gasteiger partial charge in [0.25, 0.3) is 0 Å². The van der Waals surface area contributed by atoms with Crippen LogP contribution >= 0.6 is 0 Å². The van der Waals surface area contributed by atoms with Crippen LogP contribution in [0.1, 0.15) is 36.1 Å². The minimum absolute atomic E-state index is 0.321. The second-order valence-electron chi connectivity index (χ2n) is 8.13. The van der Waals surface area contributed by atoms with Crippen LogP contribution in [0.2, 0.25) is 0 Å². The van der Waals surface area contributed by atoms with Gasteiger partial charge in [-0.3, -0.25) is 9.59 Å². The summed E-state index contributed by atoms with van der Waals surface area (Å²) in [5, 5.41) is 15.0. The Labute approximate surface area is 218 Å². The highest BCUT2D eigenvalue weighted by atomic mass is 19.4. The van der Waals surface area contributed by atoms with Gasteiger partial charge in [0, 0.05) is 29.9 Å². The number of hydrogen-bond acceptors (Lipinski definition) is 4. The molecule has 3 aromatic carbocycles. The number of aliphatic hydroxyl groups is 1. The fourth-order valence-corrected chi connectivity index (χ4v) is 3.68. The Morgan fingerprint density at radius 3 is 2.03 bits per heavy atom. The third-order valence-electron chi connectivity index (χ3n) is 5.41. The van der Waals surface area contributed by atoms with E-state index in [2.05, 4.69) is 10.6 Å². The molecule has 0 saturated heterocycles. The molecule has 0 spiro atoms. The van der Waals surface area contributed by atoms with Gasteiger partial charge in [-0.05, 0) is 60.0 Å². The first-order chi connectivity index (χ1) is 18.1. The van der Waals surface area contributed by atoms with Crippen LogP contribution in [0.15, 0.2) is 85.0 Å². The van der Waals surface area contributed by atoms with Gasteiger partial charge in [0.05, 0.1) is 18.8 Å². The van der Waals surface area contributed by atoms with Gasteiger partial charge in [-0.1, -0.05) is 42.5 Å². The van der Waals surface area contributed by atoms with Crippen LogP contribution in [0.3, 0.4) is 0 Å². The molecule has 0 heterocycles. The number of anilines is 2. The quantitative estimate of drug-likeness (QED) is 0.230. The molecule has 9 heteroatoms. The summed E-state index contributed by atoms with van der Waals surface area (Å²) in [5.41, 5.74) is 2.12. The van der Waals surface area contributed by atoms with Gasteiger partial charge in [0.15, 0.2) is 0 Å². The minimum Gasteiger partial charge on any atom is -0.494 e. The van der Waals surface area contributed by atoms with Crippen LogP contribution in [0.4, 0.5) is 24.5 Å². The first-order valence-electron chi connectivity index (χ1n) is 11.7. The maximum Gasteiger partial charge on any atom is 0.416 e. The second kappa shape index (κ2) is 12.7. The Balaban J connectivity index is 1.89. The van der Waals surface area contributed by atoms with E-state index in [0.717, 1.165) is 12.1 Å². The van der Waals surface area contributed by atoms with E-state index in [4.69, 9.17) is 4.74 Å². The molecule has 0 saturated carbocycles. The molecule has 0 aromatic heterocycles. The molecule has 0 fully saturated rings. The highest BCUT2D eigenvalue weighted by molar-refractivity contribution is 6.01. The van der Waals surface area contributed by atoms with Gasteiger partial charge in [-0.2, -0.15) is 13.2 Å². The van der Waals surface area contributed by atoms with Gasteiger partial charge in [-0.25, -0.2) is 0 Å². The minimum atomic E-state index is -4.45. The van der Waals surface area contributed by atoms with Crippen LogP contribution in [0.25, 0.3) is 5.57 Å². The number of hydrogen-bond donors (Lipinski definition) is 3. The topological polar surface area (TPSA) is 87.7 Å². The predicted octanol–water partition coefficient (Wildman–Crippen LogP) is 6.18. The van der Waals surface area contributed by atoms with Crippen molar-refractivity contribution >= 4 is 28.8 Å². The zero-order chi connectivity index (χ0) is 27.7. The van der Waals surface area contributed by atoms with E-state index in [0.29, 0.717) is 46.0 Å². The number of aliphatic hydroxyl groups excluding tert-OH is 1. The number of carbonyl (C=O) groups is 2. The lowest BCUT2D eigenvalue weighted by molar-refractivity contribution is -0.137. The summed E-state index contributed by atoms with van der Waals surface area (Å²) in [4.78, 5) is 24.0. The lowest BCUT2D eigenvalue weighted by Crippen LogP contribution is -2.13.